The second-order valence-electron chi connectivity index (χ2n) is 9.19. The Balaban J connectivity index is 1.74. The van der Waals surface area contributed by atoms with Gasteiger partial charge >= 0.3 is 25.7 Å². The number of hydrogen-bond acceptors (Lipinski definition) is 5. The lowest BCUT2D eigenvalue weighted by Crippen LogP contribution is -2.54. The average Bonchev–Trinajstić information content (AvgIpc) is 3.09. The lowest BCUT2D eigenvalue weighted by atomic mass is 10.0. The molecule has 160 valence electrons. The average molecular weight is 442 g/mol. The Morgan fingerprint density at radius 3 is 2.18 bits per heavy atom. The Kier molecular flexibility index (Phi) is 9.06. The van der Waals surface area contributed by atoms with Crippen molar-refractivity contribution in [2.75, 3.05) is 6.61 Å². The van der Waals surface area contributed by atoms with Crippen LogP contribution in [0.2, 0.25) is 39.3 Å². The second-order valence-corrected chi connectivity index (χ2v) is 19.8. The first-order valence-electron chi connectivity index (χ1n) is 10.6. The highest BCUT2D eigenvalue weighted by atomic mass is 28.5. The molecule has 1 fully saturated rings. The van der Waals surface area contributed by atoms with E-state index in [-0.39, 0.29) is 0 Å². The lowest BCUT2D eigenvalue weighted by Gasteiger charge is -2.37. The van der Waals surface area contributed by atoms with Gasteiger partial charge in [-0.2, -0.15) is 0 Å². The molecule has 0 spiro atoms. The van der Waals surface area contributed by atoms with Crippen molar-refractivity contribution in [3.05, 3.63) is 30.1 Å². The minimum absolute atomic E-state index is 0.524. The zero-order chi connectivity index (χ0) is 20.7. The quantitative estimate of drug-likeness (QED) is 0.306. The number of rotatable bonds is 12. The summed E-state index contributed by atoms with van der Waals surface area (Å²) in [6.07, 6.45) is 11.7. The Hall–Kier alpha value is -0.359. The first kappa shape index (κ1) is 23.9. The van der Waals surface area contributed by atoms with E-state index in [0.29, 0.717) is 6.61 Å². The maximum Gasteiger partial charge on any atom is 0.323 e. The topological polar surface area (TPSA) is 49.8 Å². The van der Waals surface area contributed by atoms with Crippen molar-refractivity contribution < 1.29 is 17.1 Å². The third-order valence-electron chi connectivity index (χ3n) is 4.97. The van der Waals surface area contributed by atoms with Gasteiger partial charge in [-0.05, 0) is 69.7 Å². The SMILES string of the molecule is C[Si](C)(OCCCC1CCCC1)O[Si](C)(C)O[Si](C)(C)OCc1cccnc1. The summed E-state index contributed by atoms with van der Waals surface area (Å²) in [4.78, 5) is 4.14. The van der Waals surface area contributed by atoms with Crippen LogP contribution in [0.4, 0.5) is 0 Å². The third kappa shape index (κ3) is 9.43. The Morgan fingerprint density at radius 2 is 1.57 bits per heavy atom. The fourth-order valence-electron chi connectivity index (χ4n) is 3.99. The van der Waals surface area contributed by atoms with E-state index in [1.165, 1.54) is 32.1 Å². The molecule has 0 saturated heterocycles. The summed E-state index contributed by atoms with van der Waals surface area (Å²) < 4.78 is 25.2. The van der Waals surface area contributed by atoms with Crippen molar-refractivity contribution in [2.45, 2.75) is 84.4 Å². The van der Waals surface area contributed by atoms with Crippen LogP contribution >= 0.6 is 0 Å². The third-order valence-corrected chi connectivity index (χ3v) is 14.6. The molecule has 2 rings (SSSR count). The molecule has 0 radical (unpaired) electrons. The van der Waals surface area contributed by atoms with Crippen LogP contribution in [0, 0.1) is 5.92 Å². The molecule has 1 heterocycles. The molecule has 0 amide bonds. The van der Waals surface area contributed by atoms with E-state index in [4.69, 9.17) is 17.1 Å². The minimum Gasteiger partial charge on any atom is -0.415 e. The van der Waals surface area contributed by atoms with E-state index in [1.54, 1.807) is 6.20 Å². The maximum atomic E-state index is 6.46. The van der Waals surface area contributed by atoms with Crippen molar-refractivity contribution in [2.24, 2.45) is 5.92 Å². The van der Waals surface area contributed by atoms with Gasteiger partial charge in [0.2, 0.25) is 0 Å². The van der Waals surface area contributed by atoms with Gasteiger partial charge in [-0.15, -0.1) is 0 Å². The molecule has 5 nitrogen and oxygen atoms in total. The fraction of sp³-hybridized carbons (Fsp3) is 0.750. The molecule has 1 aliphatic rings. The summed E-state index contributed by atoms with van der Waals surface area (Å²) in [5.41, 5.74) is 1.06. The maximum absolute atomic E-state index is 6.46. The van der Waals surface area contributed by atoms with Crippen LogP contribution in [0.1, 0.15) is 44.1 Å². The van der Waals surface area contributed by atoms with E-state index in [2.05, 4.69) is 44.3 Å². The first-order valence-corrected chi connectivity index (χ1v) is 19.1. The van der Waals surface area contributed by atoms with Crippen LogP contribution in [0.15, 0.2) is 24.5 Å². The summed E-state index contributed by atoms with van der Waals surface area (Å²) in [6.45, 7) is 14.0. The molecule has 0 unspecified atom stereocenters. The van der Waals surface area contributed by atoms with Crippen molar-refractivity contribution in [3.8, 4) is 0 Å². The standard InChI is InChI=1S/C20H39NO4Si3/c1-26(2,22-16-10-14-19-11-7-8-12-19)24-28(5,6)25-27(3,4)23-18-20-13-9-15-21-17-20/h9,13,15,17,19H,7-8,10-12,14,16,18H2,1-6H3. The van der Waals surface area contributed by atoms with Crippen molar-refractivity contribution in [1.82, 2.24) is 4.98 Å². The molecule has 28 heavy (non-hydrogen) atoms. The monoisotopic (exact) mass is 441 g/mol. The zero-order valence-electron chi connectivity index (χ0n) is 18.6. The second kappa shape index (κ2) is 10.6. The highest BCUT2D eigenvalue weighted by Gasteiger charge is 2.41. The summed E-state index contributed by atoms with van der Waals surface area (Å²) >= 11 is 0. The van der Waals surface area contributed by atoms with Gasteiger partial charge in [-0.1, -0.05) is 31.7 Å². The molecule has 1 aromatic heterocycles. The lowest BCUT2D eigenvalue weighted by molar-refractivity contribution is 0.195. The number of pyridine rings is 1. The molecule has 1 aliphatic carbocycles. The van der Waals surface area contributed by atoms with Crippen molar-refractivity contribution in [3.63, 3.8) is 0 Å². The van der Waals surface area contributed by atoms with Gasteiger partial charge < -0.3 is 17.1 Å². The first-order chi connectivity index (χ1) is 13.1. The zero-order valence-corrected chi connectivity index (χ0v) is 21.6. The fourth-order valence-corrected chi connectivity index (χ4v) is 15.6. The molecule has 0 atom stereocenters. The van der Waals surface area contributed by atoms with Gasteiger partial charge in [0.15, 0.2) is 0 Å². The Bertz CT molecular complexity index is 578. The van der Waals surface area contributed by atoms with Crippen LogP contribution in [0.25, 0.3) is 0 Å². The van der Waals surface area contributed by atoms with E-state index < -0.39 is 25.7 Å². The summed E-state index contributed by atoms with van der Waals surface area (Å²) in [5, 5.41) is 0. The molecular formula is C20H39NO4Si3. The van der Waals surface area contributed by atoms with Gasteiger partial charge in [0.1, 0.15) is 0 Å². The van der Waals surface area contributed by atoms with Crippen LogP contribution < -0.4 is 0 Å². The summed E-state index contributed by atoms with van der Waals surface area (Å²) in [7, 11) is -6.85. The van der Waals surface area contributed by atoms with Crippen LogP contribution in [0.3, 0.4) is 0 Å². The van der Waals surface area contributed by atoms with E-state index >= 15 is 0 Å². The van der Waals surface area contributed by atoms with E-state index in [1.807, 2.05) is 18.3 Å². The van der Waals surface area contributed by atoms with E-state index in [0.717, 1.165) is 24.5 Å². The Morgan fingerprint density at radius 1 is 0.929 bits per heavy atom. The number of nitrogens with zero attached hydrogens (tertiary/aromatic N) is 1. The predicted octanol–water partition coefficient (Wildman–Crippen LogP) is 5.72. The van der Waals surface area contributed by atoms with E-state index in [9.17, 15) is 0 Å². The van der Waals surface area contributed by atoms with Gasteiger partial charge in [-0.3, -0.25) is 4.98 Å². The van der Waals surface area contributed by atoms with Gasteiger partial charge in [0.25, 0.3) is 0 Å². The van der Waals surface area contributed by atoms with Crippen LogP contribution in [-0.2, 0) is 23.7 Å². The smallest absolute Gasteiger partial charge is 0.323 e. The highest BCUT2D eigenvalue weighted by Crippen LogP contribution is 2.29. The van der Waals surface area contributed by atoms with Gasteiger partial charge in [0.05, 0.1) is 6.61 Å². The molecule has 1 saturated carbocycles. The summed E-state index contributed by atoms with van der Waals surface area (Å²) in [6, 6.07) is 3.94. The van der Waals surface area contributed by atoms with Crippen LogP contribution in [-0.4, -0.2) is 37.3 Å². The normalized spacial score (nSPS) is 16.6. The number of hydrogen-bond donors (Lipinski definition) is 0. The largest absolute Gasteiger partial charge is 0.415 e. The molecule has 8 heteroatoms. The molecule has 1 aromatic rings. The van der Waals surface area contributed by atoms with Gasteiger partial charge in [0, 0.05) is 19.0 Å². The van der Waals surface area contributed by atoms with Crippen LogP contribution in [0.5, 0.6) is 0 Å². The Labute approximate surface area is 174 Å². The highest BCUT2D eigenvalue weighted by molar-refractivity contribution is 6.84. The predicted molar refractivity (Wildman–Crippen MR) is 121 cm³/mol. The van der Waals surface area contributed by atoms with Crippen molar-refractivity contribution >= 4 is 25.7 Å². The molecule has 0 bridgehead atoms. The molecule has 0 aliphatic heterocycles. The van der Waals surface area contributed by atoms with Crippen molar-refractivity contribution in [1.29, 1.82) is 0 Å². The summed E-state index contributed by atoms with van der Waals surface area (Å²) in [5.74, 6) is 0.923. The molecule has 0 aromatic carbocycles. The molecule has 0 N–H and O–H groups in total. The number of aromatic nitrogens is 1. The minimum atomic E-state index is -2.34. The van der Waals surface area contributed by atoms with Gasteiger partial charge in [-0.25, -0.2) is 0 Å². The molecular weight excluding hydrogens is 402 g/mol.